The summed E-state index contributed by atoms with van der Waals surface area (Å²) in [5.41, 5.74) is -0.296. The minimum absolute atomic E-state index is 0.242. The molecule has 1 unspecified atom stereocenters. The smallest absolute Gasteiger partial charge is 0.249 e. The number of thiophene rings is 1. The zero-order chi connectivity index (χ0) is 16.7. The second-order valence-corrected chi connectivity index (χ2v) is 6.30. The van der Waals surface area contributed by atoms with Crippen molar-refractivity contribution in [2.45, 2.75) is 12.5 Å². The number of nitrogens with zero attached hydrogens (tertiary/aromatic N) is 3. The largest absolute Gasteiger partial charge is 0.358 e. The fourth-order valence-corrected chi connectivity index (χ4v) is 3.59. The summed E-state index contributed by atoms with van der Waals surface area (Å²) in [6, 6.07) is 4.86. The number of halogens is 2. The minimum Gasteiger partial charge on any atom is -0.358 e. The Labute approximate surface area is 140 Å². The molecule has 0 bridgehead atoms. The molecule has 1 aliphatic rings. The summed E-state index contributed by atoms with van der Waals surface area (Å²) in [6.07, 6.45) is 1.86. The van der Waals surface area contributed by atoms with Gasteiger partial charge < -0.3 is 10.2 Å². The molecule has 122 valence electrons. The van der Waals surface area contributed by atoms with E-state index in [1.807, 2.05) is 11.4 Å². The van der Waals surface area contributed by atoms with Gasteiger partial charge in [-0.05, 0) is 30.0 Å². The molecule has 0 spiro atoms. The number of anilines is 2. The van der Waals surface area contributed by atoms with Crippen molar-refractivity contribution in [1.29, 1.82) is 0 Å². The van der Waals surface area contributed by atoms with Gasteiger partial charge in [-0.2, -0.15) is 0 Å². The molecule has 1 aliphatic heterocycles. The molecule has 5 nitrogen and oxygen atoms in total. The Bertz CT molecular complexity index is 909. The third-order valence-electron chi connectivity index (χ3n) is 3.99. The molecule has 24 heavy (non-hydrogen) atoms. The molecule has 3 heterocycles. The Morgan fingerprint density at radius 2 is 2.00 bits per heavy atom. The summed E-state index contributed by atoms with van der Waals surface area (Å²) in [5.74, 6) is -1.31. The number of rotatable bonds is 3. The van der Waals surface area contributed by atoms with Gasteiger partial charge in [0, 0.05) is 6.54 Å². The van der Waals surface area contributed by atoms with Gasteiger partial charge in [0.2, 0.25) is 5.91 Å². The Morgan fingerprint density at radius 1 is 1.21 bits per heavy atom. The van der Waals surface area contributed by atoms with Gasteiger partial charge in [0.15, 0.2) is 0 Å². The second-order valence-electron chi connectivity index (χ2n) is 5.41. The van der Waals surface area contributed by atoms with Gasteiger partial charge >= 0.3 is 0 Å². The highest BCUT2D eigenvalue weighted by molar-refractivity contribution is 7.16. The van der Waals surface area contributed by atoms with Crippen LogP contribution in [0.4, 0.5) is 20.3 Å². The lowest BCUT2D eigenvalue weighted by Gasteiger charge is -2.18. The van der Waals surface area contributed by atoms with Crippen LogP contribution in [0.3, 0.4) is 0 Å². The van der Waals surface area contributed by atoms with Crippen LogP contribution in [0.5, 0.6) is 0 Å². The van der Waals surface area contributed by atoms with Crippen LogP contribution in [0.25, 0.3) is 10.2 Å². The summed E-state index contributed by atoms with van der Waals surface area (Å²) in [4.78, 5) is 22.9. The van der Waals surface area contributed by atoms with E-state index in [9.17, 15) is 13.6 Å². The molecule has 1 N–H and O–H groups in total. The Balaban J connectivity index is 1.61. The summed E-state index contributed by atoms with van der Waals surface area (Å²) >= 11 is 1.48. The van der Waals surface area contributed by atoms with Crippen LogP contribution in [0.2, 0.25) is 0 Å². The van der Waals surface area contributed by atoms with E-state index < -0.39 is 17.7 Å². The van der Waals surface area contributed by atoms with Crippen LogP contribution in [0, 0.1) is 11.6 Å². The molecule has 1 fully saturated rings. The van der Waals surface area contributed by atoms with Gasteiger partial charge in [0.25, 0.3) is 0 Å². The number of hydrogen-bond donors (Lipinski definition) is 1. The van der Waals surface area contributed by atoms with Crippen LogP contribution in [-0.4, -0.2) is 28.5 Å². The molecule has 0 radical (unpaired) electrons. The van der Waals surface area contributed by atoms with E-state index in [1.54, 1.807) is 0 Å². The number of para-hydroxylation sites is 1. The normalized spacial score (nSPS) is 17.7. The quantitative estimate of drug-likeness (QED) is 0.791. The topological polar surface area (TPSA) is 58.1 Å². The summed E-state index contributed by atoms with van der Waals surface area (Å²) in [5, 5.41) is 5.79. The van der Waals surface area contributed by atoms with E-state index in [0.29, 0.717) is 12.2 Å². The predicted molar refractivity (Wildman–Crippen MR) is 88.2 cm³/mol. The van der Waals surface area contributed by atoms with Crippen molar-refractivity contribution >= 4 is 39.0 Å². The van der Waals surface area contributed by atoms with Gasteiger partial charge in [0.05, 0.1) is 5.39 Å². The van der Waals surface area contributed by atoms with Crippen LogP contribution in [0.1, 0.15) is 6.42 Å². The highest BCUT2D eigenvalue weighted by atomic mass is 32.1. The monoisotopic (exact) mass is 346 g/mol. The number of fused-ring (bicyclic) bond motifs is 1. The van der Waals surface area contributed by atoms with Crippen molar-refractivity contribution in [3.05, 3.63) is 47.6 Å². The number of carbonyl (C=O) groups is 1. The highest BCUT2D eigenvalue weighted by Crippen LogP contribution is 2.30. The van der Waals surface area contributed by atoms with Crippen molar-refractivity contribution in [1.82, 2.24) is 9.97 Å². The van der Waals surface area contributed by atoms with Gasteiger partial charge in [-0.15, -0.1) is 11.3 Å². The average Bonchev–Trinajstić information content (AvgIpc) is 3.17. The first kappa shape index (κ1) is 14.9. The van der Waals surface area contributed by atoms with Crippen LogP contribution in [-0.2, 0) is 4.79 Å². The average molecular weight is 346 g/mol. The molecule has 3 aromatic rings. The minimum atomic E-state index is -0.744. The van der Waals surface area contributed by atoms with Gasteiger partial charge in [-0.1, -0.05) is 6.07 Å². The maximum absolute atomic E-state index is 13.9. The Kier molecular flexibility index (Phi) is 3.61. The molecule has 4 rings (SSSR count). The second kappa shape index (κ2) is 5.79. The van der Waals surface area contributed by atoms with Crippen molar-refractivity contribution in [2.75, 3.05) is 16.8 Å². The Hall–Kier alpha value is -2.61. The molecule has 0 saturated carbocycles. The molecule has 1 atom stereocenters. The van der Waals surface area contributed by atoms with Crippen molar-refractivity contribution in [3.63, 3.8) is 0 Å². The number of benzene rings is 1. The van der Waals surface area contributed by atoms with E-state index in [4.69, 9.17) is 0 Å². The molecular weight excluding hydrogens is 334 g/mol. The number of amides is 1. The molecule has 1 aromatic carbocycles. The maximum Gasteiger partial charge on any atom is 0.249 e. The number of nitrogens with one attached hydrogen (secondary N) is 1. The van der Waals surface area contributed by atoms with E-state index in [-0.39, 0.29) is 18.1 Å². The standard InChI is InChI=1S/C16H12F2N4OS/c17-10-2-1-3-11(18)13(10)22-6-4-12(16(22)23)21-14-9-5-7-24-15(9)20-8-19-14/h1-3,5,7-8,12H,4,6H2,(H,19,20,21). The lowest BCUT2D eigenvalue weighted by atomic mass is 10.2. The van der Waals surface area contributed by atoms with E-state index in [0.717, 1.165) is 27.2 Å². The molecule has 1 saturated heterocycles. The molecule has 2 aromatic heterocycles. The molecular formula is C16H12F2N4OS. The molecule has 8 heteroatoms. The van der Waals surface area contributed by atoms with E-state index in [2.05, 4.69) is 15.3 Å². The van der Waals surface area contributed by atoms with Gasteiger partial charge in [-0.25, -0.2) is 18.7 Å². The molecule has 0 aliphatic carbocycles. The fourth-order valence-electron chi connectivity index (χ4n) is 2.85. The summed E-state index contributed by atoms with van der Waals surface area (Å²) in [6.45, 7) is 0.242. The van der Waals surface area contributed by atoms with Crippen LogP contribution >= 0.6 is 11.3 Å². The predicted octanol–water partition coefficient (Wildman–Crippen LogP) is 3.19. The maximum atomic E-state index is 13.9. The van der Waals surface area contributed by atoms with Crippen molar-refractivity contribution in [2.24, 2.45) is 0 Å². The fraction of sp³-hybridized carbons (Fsp3) is 0.188. The van der Waals surface area contributed by atoms with Gasteiger partial charge in [-0.3, -0.25) is 4.79 Å². The zero-order valence-electron chi connectivity index (χ0n) is 12.4. The number of hydrogen-bond acceptors (Lipinski definition) is 5. The third-order valence-corrected chi connectivity index (χ3v) is 4.81. The van der Waals surface area contributed by atoms with Crippen LogP contribution < -0.4 is 10.2 Å². The lowest BCUT2D eigenvalue weighted by molar-refractivity contribution is -0.117. The number of aromatic nitrogens is 2. The van der Waals surface area contributed by atoms with E-state index >= 15 is 0 Å². The van der Waals surface area contributed by atoms with Crippen molar-refractivity contribution in [3.8, 4) is 0 Å². The lowest BCUT2D eigenvalue weighted by Crippen LogP contribution is -2.34. The first-order valence-corrected chi connectivity index (χ1v) is 8.23. The Morgan fingerprint density at radius 3 is 2.79 bits per heavy atom. The molecule has 1 amide bonds. The number of carbonyl (C=O) groups excluding carboxylic acids is 1. The summed E-state index contributed by atoms with van der Waals surface area (Å²) in [7, 11) is 0. The zero-order valence-corrected chi connectivity index (χ0v) is 13.2. The first-order valence-electron chi connectivity index (χ1n) is 7.35. The SMILES string of the molecule is O=C1C(Nc2ncnc3sccc23)CCN1c1c(F)cccc1F. The third kappa shape index (κ3) is 2.39. The van der Waals surface area contributed by atoms with Crippen LogP contribution in [0.15, 0.2) is 36.0 Å². The summed E-state index contributed by atoms with van der Waals surface area (Å²) < 4.78 is 27.8. The van der Waals surface area contributed by atoms with Crippen molar-refractivity contribution < 1.29 is 13.6 Å². The first-order chi connectivity index (χ1) is 11.6. The van der Waals surface area contributed by atoms with E-state index in [1.165, 1.54) is 23.7 Å². The highest BCUT2D eigenvalue weighted by Gasteiger charge is 2.35. The van der Waals surface area contributed by atoms with Gasteiger partial charge in [0.1, 0.15) is 40.3 Å².